The van der Waals surface area contributed by atoms with Crippen molar-refractivity contribution >= 4 is 11.6 Å². The minimum Gasteiger partial charge on any atom is -0.375 e. The van der Waals surface area contributed by atoms with E-state index in [-0.39, 0.29) is 5.82 Å². The van der Waals surface area contributed by atoms with Gasteiger partial charge in [-0.2, -0.15) is 0 Å². The zero-order valence-electron chi connectivity index (χ0n) is 13.7. The number of benzene rings is 3. The molecule has 128 valence electrons. The Bertz CT molecular complexity index is 823. The molecule has 0 saturated heterocycles. The van der Waals surface area contributed by atoms with E-state index >= 15 is 0 Å². The molecule has 0 fully saturated rings. The molecule has 0 spiro atoms. The van der Waals surface area contributed by atoms with Crippen molar-refractivity contribution in [2.45, 2.75) is 12.1 Å². The molecule has 0 unspecified atom stereocenters. The zero-order chi connectivity index (χ0) is 17.7. The monoisotopic (exact) mass is 356 g/mol. The first-order valence-electron chi connectivity index (χ1n) is 8.18. The van der Waals surface area contributed by atoms with Gasteiger partial charge in [0.2, 0.25) is 0 Å². The predicted octanol–water partition coefficient (Wildman–Crippen LogP) is 3.48. The number of halogens is 2. The molecule has 3 aromatic carbocycles. The van der Waals surface area contributed by atoms with E-state index in [1.54, 1.807) is 12.1 Å². The van der Waals surface area contributed by atoms with Gasteiger partial charge in [-0.3, -0.25) is 0 Å². The molecule has 0 amide bonds. The van der Waals surface area contributed by atoms with Crippen molar-refractivity contribution in [1.29, 1.82) is 0 Å². The highest BCUT2D eigenvalue weighted by molar-refractivity contribution is 6.31. The lowest BCUT2D eigenvalue weighted by atomic mass is 9.86. The molecule has 0 aromatic heterocycles. The Morgan fingerprint density at radius 1 is 0.840 bits per heavy atom. The summed E-state index contributed by atoms with van der Waals surface area (Å²) >= 11 is 6.20. The van der Waals surface area contributed by atoms with Gasteiger partial charge >= 0.3 is 0 Å². The fourth-order valence-electron chi connectivity index (χ4n) is 2.94. The molecule has 0 aliphatic heterocycles. The van der Waals surface area contributed by atoms with Crippen LogP contribution < -0.4 is 5.32 Å². The van der Waals surface area contributed by atoms with E-state index < -0.39 is 5.60 Å². The smallest absolute Gasteiger partial charge is 0.163 e. The van der Waals surface area contributed by atoms with E-state index in [0.717, 1.165) is 11.1 Å². The van der Waals surface area contributed by atoms with Crippen LogP contribution in [0.3, 0.4) is 0 Å². The van der Waals surface area contributed by atoms with Crippen LogP contribution in [-0.2, 0) is 12.1 Å². The molecule has 1 atom stereocenters. The Balaban J connectivity index is 1.84. The van der Waals surface area contributed by atoms with Crippen LogP contribution in [0.2, 0.25) is 5.02 Å². The van der Waals surface area contributed by atoms with Gasteiger partial charge in [0.25, 0.3) is 0 Å². The molecule has 0 aliphatic rings. The molecule has 0 aliphatic carbocycles. The highest BCUT2D eigenvalue weighted by Crippen LogP contribution is 2.28. The first kappa shape index (κ1) is 17.6. The fraction of sp³-hybridized carbons (Fsp3) is 0.143. The normalized spacial score (nSPS) is 13.4. The summed E-state index contributed by atoms with van der Waals surface area (Å²) < 4.78 is 13.3. The number of hydrogen-bond donors (Lipinski definition) is 2. The third kappa shape index (κ3) is 4.07. The Kier molecular flexibility index (Phi) is 5.49. The lowest BCUT2D eigenvalue weighted by molar-refractivity contribution is -0.682. The van der Waals surface area contributed by atoms with E-state index in [1.807, 2.05) is 59.9 Å². The summed E-state index contributed by atoms with van der Waals surface area (Å²) in [7, 11) is 0. The third-order valence-corrected chi connectivity index (χ3v) is 4.70. The number of rotatable bonds is 6. The average molecular weight is 357 g/mol. The highest BCUT2D eigenvalue weighted by atomic mass is 35.5. The molecule has 3 N–H and O–H groups in total. The average Bonchev–Trinajstić information content (AvgIpc) is 2.64. The molecule has 3 aromatic rings. The number of hydrogen-bond acceptors (Lipinski definition) is 1. The summed E-state index contributed by atoms with van der Waals surface area (Å²) in [6.07, 6.45) is 0. The van der Waals surface area contributed by atoms with Crippen LogP contribution in [0.15, 0.2) is 78.9 Å². The standard InChI is InChI=1S/C21H19ClFNO/c22-20-9-5-4-6-16(20)14-24-15-21(25,17-7-2-1-3-8-17)18-10-12-19(23)13-11-18/h1-13,24-25H,14-15H2/p+1/t21-/m0/s1. The van der Waals surface area contributed by atoms with E-state index in [1.165, 1.54) is 12.1 Å². The first-order valence-corrected chi connectivity index (χ1v) is 8.56. The summed E-state index contributed by atoms with van der Waals surface area (Å²) in [5.41, 5.74) is 1.24. The number of aliphatic hydroxyl groups is 1. The van der Waals surface area contributed by atoms with Crippen LogP contribution in [0.1, 0.15) is 16.7 Å². The molecule has 3 rings (SSSR count). The van der Waals surface area contributed by atoms with Gasteiger partial charge < -0.3 is 10.4 Å². The Labute approximate surface area is 151 Å². The maximum absolute atomic E-state index is 13.3. The Hall–Kier alpha value is -2.20. The van der Waals surface area contributed by atoms with E-state index in [2.05, 4.69) is 0 Å². The Morgan fingerprint density at radius 3 is 2.12 bits per heavy atom. The van der Waals surface area contributed by atoms with Crippen LogP contribution in [0, 0.1) is 5.82 Å². The van der Waals surface area contributed by atoms with Gasteiger partial charge in [0.05, 0.1) is 0 Å². The lowest BCUT2D eigenvalue weighted by Crippen LogP contribution is -2.86. The predicted molar refractivity (Wildman–Crippen MR) is 97.8 cm³/mol. The van der Waals surface area contributed by atoms with Gasteiger partial charge in [-0.15, -0.1) is 0 Å². The minimum absolute atomic E-state index is 0.320. The van der Waals surface area contributed by atoms with Gasteiger partial charge in [0, 0.05) is 10.6 Å². The van der Waals surface area contributed by atoms with E-state index in [4.69, 9.17) is 11.6 Å². The van der Waals surface area contributed by atoms with Gasteiger partial charge in [-0.05, 0) is 29.3 Å². The summed E-state index contributed by atoms with van der Waals surface area (Å²) in [5, 5.41) is 14.1. The largest absolute Gasteiger partial charge is 0.375 e. The van der Waals surface area contributed by atoms with Gasteiger partial charge in [-0.25, -0.2) is 4.39 Å². The number of quaternary nitrogens is 1. The van der Waals surface area contributed by atoms with Crippen molar-refractivity contribution in [3.63, 3.8) is 0 Å². The SMILES string of the molecule is O[C@@](C[NH2+]Cc1ccccc1Cl)(c1ccccc1)c1ccc(F)cc1. The molecule has 0 radical (unpaired) electrons. The van der Waals surface area contributed by atoms with Crippen molar-refractivity contribution in [1.82, 2.24) is 0 Å². The Morgan fingerprint density at radius 2 is 1.44 bits per heavy atom. The summed E-state index contributed by atoms with van der Waals surface area (Å²) in [4.78, 5) is 0. The van der Waals surface area contributed by atoms with E-state index in [0.29, 0.717) is 23.7 Å². The van der Waals surface area contributed by atoms with Crippen LogP contribution in [-0.4, -0.2) is 11.7 Å². The van der Waals surface area contributed by atoms with E-state index in [9.17, 15) is 9.50 Å². The maximum atomic E-state index is 13.3. The second-order valence-corrected chi connectivity index (χ2v) is 6.43. The summed E-state index contributed by atoms with van der Waals surface area (Å²) in [5.74, 6) is -0.320. The molecule has 2 nitrogen and oxygen atoms in total. The molecule has 4 heteroatoms. The van der Waals surface area contributed by atoms with Crippen LogP contribution in [0.5, 0.6) is 0 Å². The van der Waals surface area contributed by atoms with Crippen molar-refractivity contribution in [2.24, 2.45) is 0 Å². The van der Waals surface area contributed by atoms with Crippen molar-refractivity contribution in [3.8, 4) is 0 Å². The zero-order valence-corrected chi connectivity index (χ0v) is 14.5. The van der Waals surface area contributed by atoms with Crippen molar-refractivity contribution in [3.05, 3.63) is 106 Å². The lowest BCUT2D eigenvalue weighted by Gasteiger charge is -2.27. The molecular formula is C21H20ClFNO+. The molecule has 0 saturated carbocycles. The van der Waals surface area contributed by atoms with Gasteiger partial charge in [-0.1, -0.05) is 72.3 Å². The molecule has 0 bridgehead atoms. The second kappa shape index (κ2) is 7.79. The number of nitrogens with two attached hydrogens (primary N) is 1. The summed E-state index contributed by atoms with van der Waals surface area (Å²) in [6, 6.07) is 23.1. The van der Waals surface area contributed by atoms with Gasteiger partial charge in [0.15, 0.2) is 5.60 Å². The second-order valence-electron chi connectivity index (χ2n) is 6.02. The van der Waals surface area contributed by atoms with Crippen molar-refractivity contribution < 1.29 is 14.8 Å². The van der Waals surface area contributed by atoms with Gasteiger partial charge in [0.1, 0.15) is 18.9 Å². The van der Waals surface area contributed by atoms with Crippen LogP contribution in [0.25, 0.3) is 0 Å². The topological polar surface area (TPSA) is 36.8 Å². The van der Waals surface area contributed by atoms with Crippen LogP contribution in [0.4, 0.5) is 4.39 Å². The quantitative estimate of drug-likeness (QED) is 0.697. The minimum atomic E-state index is -1.21. The highest BCUT2D eigenvalue weighted by Gasteiger charge is 2.33. The first-order chi connectivity index (χ1) is 12.1. The maximum Gasteiger partial charge on any atom is 0.163 e. The van der Waals surface area contributed by atoms with Crippen LogP contribution >= 0.6 is 11.6 Å². The summed E-state index contributed by atoms with van der Waals surface area (Å²) in [6.45, 7) is 1.05. The fourth-order valence-corrected chi connectivity index (χ4v) is 3.16. The third-order valence-electron chi connectivity index (χ3n) is 4.33. The molecule has 25 heavy (non-hydrogen) atoms. The van der Waals surface area contributed by atoms with Crippen molar-refractivity contribution in [2.75, 3.05) is 6.54 Å². The molecular weight excluding hydrogens is 337 g/mol. The molecule has 0 heterocycles.